The van der Waals surface area contributed by atoms with Crippen LogP contribution in [0.3, 0.4) is 0 Å². The summed E-state index contributed by atoms with van der Waals surface area (Å²) in [5, 5.41) is 6.33. The fourth-order valence-corrected chi connectivity index (χ4v) is 2.97. The van der Waals surface area contributed by atoms with Crippen LogP contribution in [0.5, 0.6) is 17.2 Å². The van der Waals surface area contributed by atoms with Gasteiger partial charge >= 0.3 is 17.8 Å². The molecule has 0 saturated carbocycles. The molecule has 0 saturated heterocycles. The Bertz CT molecular complexity index is 1240. The lowest BCUT2D eigenvalue weighted by Gasteiger charge is -2.10. The van der Waals surface area contributed by atoms with Crippen molar-refractivity contribution in [1.29, 1.82) is 0 Å². The number of nitrogens with zero attached hydrogens (tertiary/aromatic N) is 1. The Kier molecular flexibility index (Phi) is 8.55. The van der Waals surface area contributed by atoms with Gasteiger partial charge in [0.15, 0.2) is 11.5 Å². The maximum absolute atomic E-state index is 12.5. The molecule has 180 valence electrons. The third-order valence-electron chi connectivity index (χ3n) is 4.77. The Morgan fingerprint density at radius 3 is 2.37 bits per heavy atom. The van der Waals surface area contributed by atoms with E-state index in [9.17, 15) is 14.4 Å². The standard InChI is InChI=1S/C26H25N3O6/c1-4-34-20-12-10-19(11-13-20)26(32)35-22-14-9-18(15-23(22)33-3)16-27-29-25(31)24(30)28-21-8-6-5-7-17(21)2/h5-16H,4H2,1-3H3,(H,28,30)(H,29,31). The summed E-state index contributed by atoms with van der Waals surface area (Å²) in [6.07, 6.45) is 1.33. The van der Waals surface area contributed by atoms with Crippen LogP contribution in [0, 0.1) is 6.92 Å². The van der Waals surface area contributed by atoms with Crippen LogP contribution in [-0.2, 0) is 9.59 Å². The Hall–Kier alpha value is -4.66. The average molecular weight is 476 g/mol. The van der Waals surface area contributed by atoms with Crippen molar-refractivity contribution in [2.24, 2.45) is 5.10 Å². The molecule has 0 atom stereocenters. The predicted molar refractivity (Wildman–Crippen MR) is 131 cm³/mol. The van der Waals surface area contributed by atoms with E-state index < -0.39 is 17.8 Å². The van der Waals surface area contributed by atoms with Crippen molar-refractivity contribution in [3.8, 4) is 17.2 Å². The van der Waals surface area contributed by atoms with E-state index in [1.54, 1.807) is 54.6 Å². The molecule has 9 heteroatoms. The number of para-hydroxylation sites is 1. The molecule has 2 N–H and O–H groups in total. The van der Waals surface area contributed by atoms with E-state index in [1.807, 2.05) is 26.0 Å². The second-order valence-electron chi connectivity index (χ2n) is 7.23. The Labute approximate surface area is 202 Å². The molecule has 0 aliphatic carbocycles. The summed E-state index contributed by atoms with van der Waals surface area (Å²) in [4.78, 5) is 36.5. The van der Waals surface area contributed by atoms with Crippen LogP contribution in [0.15, 0.2) is 71.8 Å². The van der Waals surface area contributed by atoms with Crippen molar-refractivity contribution < 1.29 is 28.6 Å². The van der Waals surface area contributed by atoms with E-state index in [1.165, 1.54) is 13.3 Å². The molecule has 9 nitrogen and oxygen atoms in total. The third kappa shape index (κ3) is 6.91. The minimum atomic E-state index is -0.919. The molecule has 0 unspecified atom stereocenters. The first-order chi connectivity index (χ1) is 16.9. The molecule has 0 radical (unpaired) electrons. The van der Waals surface area contributed by atoms with Crippen LogP contribution < -0.4 is 25.0 Å². The minimum absolute atomic E-state index is 0.213. The number of carbonyl (C=O) groups is 3. The number of benzene rings is 3. The summed E-state index contributed by atoms with van der Waals surface area (Å²) < 4.78 is 16.1. The van der Waals surface area contributed by atoms with Gasteiger partial charge < -0.3 is 19.5 Å². The molecule has 0 aromatic heterocycles. The topological polar surface area (TPSA) is 115 Å². The van der Waals surface area contributed by atoms with Crippen LogP contribution in [-0.4, -0.2) is 37.7 Å². The largest absolute Gasteiger partial charge is 0.494 e. The van der Waals surface area contributed by atoms with Crippen molar-refractivity contribution in [2.45, 2.75) is 13.8 Å². The first-order valence-electron chi connectivity index (χ1n) is 10.7. The quantitative estimate of drug-likeness (QED) is 0.169. The zero-order valence-corrected chi connectivity index (χ0v) is 19.5. The first-order valence-corrected chi connectivity index (χ1v) is 10.7. The number of esters is 1. The van der Waals surface area contributed by atoms with E-state index in [2.05, 4.69) is 15.8 Å². The molecule has 0 heterocycles. The summed E-state index contributed by atoms with van der Waals surface area (Å²) >= 11 is 0. The van der Waals surface area contributed by atoms with Gasteiger partial charge in [-0.3, -0.25) is 9.59 Å². The van der Waals surface area contributed by atoms with Gasteiger partial charge in [0.1, 0.15) is 5.75 Å². The number of nitrogens with one attached hydrogen (secondary N) is 2. The lowest BCUT2D eigenvalue weighted by atomic mass is 10.2. The second-order valence-corrected chi connectivity index (χ2v) is 7.23. The van der Waals surface area contributed by atoms with E-state index in [4.69, 9.17) is 14.2 Å². The Morgan fingerprint density at radius 1 is 0.943 bits per heavy atom. The number of ether oxygens (including phenoxy) is 3. The van der Waals surface area contributed by atoms with Crippen LogP contribution in [0.25, 0.3) is 0 Å². The van der Waals surface area contributed by atoms with Gasteiger partial charge in [-0.1, -0.05) is 18.2 Å². The fourth-order valence-electron chi connectivity index (χ4n) is 2.97. The number of hydrazone groups is 1. The van der Waals surface area contributed by atoms with Gasteiger partial charge in [0.05, 0.1) is 25.5 Å². The monoisotopic (exact) mass is 475 g/mol. The van der Waals surface area contributed by atoms with Crippen molar-refractivity contribution in [3.05, 3.63) is 83.4 Å². The molecule has 0 bridgehead atoms. The lowest BCUT2D eigenvalue weighted by molar-refractivity contribution is -0.136. The number of rotatable bonds is 8. The third-order valence-corrected chi connectivity index (χ3v) is 4.77. The molecule has 0 fully saturated rings. The Morgan fingerprint density at radius 2 is 1.69 bits per heavy atom. The van der Waals surface area contributed by atoms with E-state index in [0.29, 0.717) is 29.2 Å². The van der Waals surface area contributed by atoms with Gasteiger partial charge in [-0.2, -0.15) is 5.10 Å². The molecular weight excluding hydrogens is 450 g/mol. The summed E-state index contributed by atoms with van der Waals surface area (Å²) in [7, 11) is 1.43. The number of aryl methyl sites for hydroxylation is 1. The van der Waals surface area contributed by atoms with Crippen LogP contribution in [0.2, 0.25) is 0 Å². The number of methoxy groups -OCH3 is 1. The zero-order chi connectivity index (χ0) is 25.2. The number of anilines is 1. The molecule has 0 aliphatic rings. The van der Waals surface area contributed by atoms with Crippen LogP contribution in [0.4, 0.5) is 5.69 Å². The molecule has 2 amide bonds. The van der Waals surface area contributed by atoms with Gasteiger partial charge in [-0.15, -0.1) is 0 Å². The smallest absolute Gasteiger partial charge is 0.343 e. The number of hydrogen-bond acceptors (Lipinski definition) is 7. The van der Waals surface area contributed by atoms with E-state index in [-0.39, 0.29) is 11.5 Å². The summed E-state index contributed by atoms with van der Waals surface area (Å²) in [6.45, 7) is 4.22. The number of hydrogen-bond donors (Lipinski definition) is 2. The lowest BCUT2D eigenvalue weighted by Crippen LogP contribution is -2.32. The van der Waals surface area contributed by atoms with Gasteiger partial charge in [-0.05, 0) is 73.5 Å². The highest BCUT2D eigenvalue weighted by Gasteiger charge is 2.15. The number of amides is 2. The molecule has 3 rings (SSSR count). The highest BCUT2D eigenvalue weighted by atomic mass is 16.6. The highest BCUT2D eigenvalue weighted by molar-refractivity contribution is 6.39. The normalized spacial score (nSPS) is 10.5. The van der Waals surface area contributed by atoms with E-state index >= 15 is 0 Å². The minimum Gasteiger partial charge on any atom is -0.494 e. The number of carbonyl (C=O) groups excluding carboxylic acids is 3. The maximum atomic E-state index is 12.5. The van der Waals surface area contributed by atoms with Crippen LogP contribution in [0.1, 0.15) is 28.4 Å². The van der Waals surface area contributed by atoms with Crippen molar-refractivity contribution in [1.82, 2.24) is 5.43 Å². The Balaban J connectivity index is 1.60. The molecule has 35 heavy (non-hydrogen) atoms. The fraction of sp³-hybridized carbons (Fsp3) is 0.154. The van der Waals surface area contributed by atoms with Gasteiger partial charge in [0, 0.05) is 5.69 Å². The van der Waals surface area contributed by atoms with Crippen molar-refractivity contribution in [2.75, 3.05) is 19.0 Å². The molecule has 3 aromatic rings. The molecular formula is C26H25N3O6. The summed E-state index contributed by atoms with van der Waals surface area (Å²) in [5.41, 5.74) is 4.44. The zero-order valence-electron chi connectivity index (χ0n) is 19.5. The second kappa shape index (κ2) is 12.0. The highest BCUT2D eigenvalue weighted by Crippen LogP contribution is 2.28. The van der Waals surface area contributed by atoms with Gasteiger partial charge in [0.25, 0.3) is 0 Å². The molecule has 0 aliphatic heterocycles. The first kappa shape index (κ1) is 25.0. The maximum Gasteiger partial charge on any atom is 0.343 e. The van der Waals surface area contributed by atoms with Gasteiger partial charge in [-0.25, -0.2) is 10.2 Å². The SMILES string of the molecule is CCOc1ccc(C(=O)Oc2ccc(C=NNC(=O)C(=O)Nc3ccccc3C)cc2OC)cc1. The van der Waals surface area contributed by atoms with Crippen molar-refractivity contribution in [3.63, 3.8) is 0 Å². The molecule has 0 spiro atoms. The van der Waals surface area contributed by atoms with Crippen molar-refractivity contribution >= 4 is 29.7 Å². The predicted octanol–water partition coefficient (Wildman–Crippen LogP) is 3.71. The van der Waals surface area contributed by atoms with Gasteiger partial charge in [0.2, 0.25) is 0 Å². The summed E-state index contributed by atoms with van der Waals surface area (Å²) in [5.74, 6) is -1.16. The summed E-state index contributed by atoms with van der Waals surface area (Å²) in [6, 6.07) is 18.4. The molecule has 3 aromatic carbocycles. The van der Waals surface area contributed by atoms with E-state index in [0.717, 1.165) is 5.56 Å². The van der Waals surface area contributed by atoms with Crippen LogP contribution >= 0.6 is 0 Å². The average Bonchev–Trinajstić information content (AvgIpc) is 2.86.